The lowest BCUT2D eigenvalue weighted by atomic mass is 9.59. The Balaban J connectivity index is 1.96. The highest BCUT2D eigenvalue weighted by atomic mass is 31.2. The highest BCUT2D eigenvalue weighted by molar-refractivity contribution is 7.43. The van der Waals surface area contributed by atoms with Crippen LogP contribution in [0.2, 0.25) is 0 Å². The van der Waals surface area contributed by atoms with Gasteiger partial charge in [0.15, 0.2) is 11.2 Å². The van der Waals surface area contributed by atoms with Gasteiger partial charge in [-0.2, -0.15) is 4.98 Å². The predicted molar refractivity (Wildman–Crippen MR) is 173 cm³/mol. The van der Waals surface area contributed by atoms with Crippen LogP contribution in [0.1, 0.15) is 16.7 Å². The Hall–Kier alpha value is -4.08. The summed E-state index contributed by atoms with van der Waals surface area (Å²) in [6.45, 7) is -0.732. The lowest BCUT2D eigenvalue weighted by Crippen LogP contribution is -2.74. The summed E-state index contributed by atoms with van der Waals surface area (Å²) >= 11 is 0. The second-order valence-electron chi connectivity index (χ2n) is 10.8. The Morgan fingerprint density at radius 2 is 1.45 bits per heavy atom. The molecule has 1 fully saturated rings. The summed E-state index contributed by atoms with van der Waals surface area (Å²) in [6, 6.07) is 28.2. The number of hydrogen-bond acceptors (Lipinski definition) is 12. The third-order valence-electron chi connectivity index (χ3n) is 8.81. The molecule has 4 atom stereocenters. The smallest absolute Gasteiger partial charge is 0.280 e. The van der Waals surface area contributed by atoms with E-state index in [1.807, 2.05) is 91.0 Å². The van der Waals surface area contributed by atoms with E-state index in [9.17, 15) is 14.8 Å². The molecule has 1 saturated heterocycles. The van der Waals surface area contributed by atoms with E-state index in [2.05, 4.69) is 15.0 Å². The summed E-state index contributed by atoms with van der Waals surface area (Å²) in [5.41, 5.74) is 9.59. The van der Waals surface area contributed by atoms with E-state index in [1.165, 1.54) is 32.2 Å². The standard InChI is InChI=1S/C32H35N6O8P/c1-42-30(46-47(34)41)24(19-39)45-31(32(30,43-2)44-3,38-20-35-25-26(38)36-28(33)37-27(25)40)29(21-13-7-4-8-14-21,22-15-9-5-10-16-22)23-17-11-6-12-18-23/h4-18,20,24,39,41H,19,34H2,1-3H3,(H3,33,36,37,40)/t24-,30-,31-,47?/m1/s1. The van der Waals surface area contributed by atoms with E-state index in [4.69, 9.17) is 34.7 Å². The summed E-state index contributed by atoms with van der Waals surface area (Å²) in [5, 5.41) is 11.1. The lowest BCUT2D eigenvalue weighted by Gasteiger charge is -2.56. The van der Waals surface area contributed by atoms with Gasteiger partial charge in [0.2, 0.25) is 11.7 Å². The number of aromatic nitrogens is 4. The van der Waals surface area contributed by atoms with E-state index in [1.54, 1.807) is 0 Å². The quantitative estimate of drug-likeness (QED) is 0.0786. The number of nitrogens with zero attached hydrogens (tertiary/aromatic N) is 3. The first-order chi connectivity index (χ1) is 22.7. The minimum absolute atomic E-state index is 0.0144. The molecule has 7 N–H and O–H groups in total. The maximum Gasteiger partial charge on any atom is 0.280 e. The highest BCUT2D eigenvalue weighted by Gasteiger charge is 2.85. The molecule has 0 spiro atoms. The second-order valence-corrected chi connectivity index (χ2v) is 11.6. The molecule has 0 radical (unpaired) electrons. The van der Waals surface area contributed by atoms with Crippen molar-refractivity contribution in [2.24, 2.45) is 5.50 Å². The number of hydrogen-bond donors (Lipinski definition) is 5. The average Bonchev–Trinajstić information content (AvgIpc) is 3.62. The van der Waals surface area contributed by atoms with Crippen LogP contribution in [0, 0.1) is 0 Å². The summed E-state index contributed by atoms with van der Waals surface area (Å²) in [5.74, 6) is -4.77. The fourth-order valence-corrected chi connectivity index (χ4v) is 7.80. The number of aromatic amines is 1. The van der Waals surface area contributed by atoms with Gasteiger partial charge < -0.3 is 34.7 Å². The topological polar surface area (TPSA) is 202 Å². The molecule has 0 saturated carbocycles. The molecule has 2 aromatic heterocycles. The fourth-order valence-electron chi connectivity index (χ4n) is 7.21. The number of fused-ring (bicyclic) bond motifs is 1. The van der Waals surface area contributed by atoms with Crippen LogP contribution >= 0.6 is 8.53 Å². The van der Waals surface area contributed by atoms with Crippen molar-refractivity contribution in [2.75, 3.05) is 33.7 Å². The fraction of sp³-hybridized carbons (Fsp3) is 0.281. The van der Waals surface area contributed by atoms with Gasteiger partial charge in [0.05, 0.1) is 18.3 Å². The van der Waals surface area contributed by atoms with Gasteiger partial charge >= 0.3 is 0 Å². The maximum atomic E-state index is 13.3. The largest absolute Gasteiger partial charge is 0.393 e. The highest BCUT2D eigenvalue weighted by Crippen LogP contribution is 2.67. The van der Waals surface area contributed by atoms with Crippen molar-refractivity contribution in [3.05, 3.63) is 124 Å². The molecule has 15 heteroatoms. The Morgan fingerprint density at radius 1 is 0.936 bits per heavy atom. The summed E-state index contributed by atoms with van der Waals surface area (Å²) in [6.07, 6.45) is -0.104. The number of methoxy groups -OCH3 is 3. The first-order valence-electron chi connectivity index (χ1n) is 14.5. The van der Waals surface area contributed by atoms with Crippen LogP contribution in [0.4, 0.5) is 5.95 Å². The zero-order chi connectivity index (χ0) is 33.5. The molecule has 0 aliphatic carbocycles. The Kier molecular flexibility index (Phi) is 8.74. The molecule has 1 aliphatic rings. The van der Waals surface area contributed by atoms with Crippen molar-refractivity contribution in [3.8, 4) is 0 Å². The molecule has 246 valence electrons. The van der Waals surface area contributed by atoms with Gasteiger partial charge in [0.25, 0.3) is 25.7 Å². The van der Waals surface area contributed by atoms with Gasteiger partial charge in [0.1, 0.15) is 6.10 Å². The van der Waals surface area contributed by atoms with Crippen LogP contribution in [0.25, 0.3) is 11.2 Å². The molecule has 3 aromatic carbocycles. The van der Waals surface area contributed by atoms with E-state index in [0.717, 1.165) is 0 Å². The van der Waals surface area contributed by atoms with Crippen molar-refractivity contribution in [1.82, 2.24) is 19.5 Å². The van der Waals surface area contributed by atoms with Gasteiger partial charge in [-0.3, -0.25) is 24.4 Å². The molecule has 0 bridgehead atoms. The molecule has 1 unspecified atom stereocenters. The molecule has 0 amide bonds. The number of ether oxygens (including phenoxy) is 4. The number of nitrogens with two attached hydrogens (primary N) is 2. The van der Waals surface area contributed by atoms with Crippen LogP contribution in [-0.2, 0) is 34.6 Å². The van der Waals surface area contributed by atoms with Crippen LogP contribution in [0.3, 0.4) is 0 Å². The molecule has 6 rings (SSSR count). The van der Waals surface area contributed by atoms with Crippen molar-refractivity contribution < 1.29 is 33.5 Å². The van der Waals surface area contributed by atoms with E-state index < -0.39 is 49.5 Å². The Labute approximate surface area is 270 Å². The van der Waals surface area contributed by atoms with Crippen molar-refractivity contribution >= 4 is 25.6 Å². The number of imidazole rings is 1. The van der Waals surface area contributed by atoms with Gasteiger partial charge in [-0.15, -0.1) is 0 Å². The minimum atomic E-state index is -2.70. The summed E-state index contributed by atoms with van der Waals surface area (Å²) in [4.78, 5) is 35.4. The van der Waals surface area contributed by atoms with Crippen LogP contribution in [0.5, 0.6) is 0 Å². The van der Waals surface area contributed by atoms with Crippen molar-refractivity contribution in [1.29, 1.82) is 0 Å². The molecule has 1 aliphatic heterocycles. The van der Waals surface area contributed by atoms with E-state index in [-0.39, 0.29) is 17.1 Å². The minimum Gasteiger partial charge on any atom is -0.393 e. The van der Waals surface area contributed by atoms with Crippen molar-refractivity contribution in [2.45, 2.75) is 28.8 Å². The second kappa shape index (κ2) is 12.5. The molecular weight excluding hydrogens is 627 g/mol. The Morgan fingerprint density at radius 3 is 1.87 bits per heavy atom. The normalized spacial score (nSPS) is 23.2. The summed E-state index contributed by atoms with van der Waals surface area (Å²) < 4.78 is 33.7. The predicted octanol–water partition coefficient (Wildman–Crippen LogP) is 2.31. The monoisotopic (exact) mass is 662 g/mol. The molecule has 47 heavy (non-hydrogen) atoms. The number of benzene rings is 3. The van der Waals surface area contributed by atoms with Crippen LogP contribution in [-0.4, -0.2) is 75.1 Å². The molecular formula is C32H35N6O8P. The third-order valence-corrected chi connectivity index (χ3v) is 9.27. The number of H-pyrrole nitrogens is 1. The zero-order valence-corrected chi connectivity index (χ0v) is 26.7. The van der Waals surface area contributed by atoms with Gasteiger partial charge in [-0.05, 0) is 16.7 Å². The summed E-state index contributed by atoms with van der Waals surface area (Å²) in [7, 11) is 1.27. The maximum absolute atomic E-state index is 13.3. The van der Waals surface area contributed by atoms with Crippen molar-refractivity contribution in [3.63, 3.8) is 0 Å². The number of nitrogen functional groups attached to an aromatic ring is 1. The van der Waals surface area contributed by atoms with Gasteiger partial charge in [-0.25, -0.2) is 4.98 Å². The lowest BCUT2D eigenvalue weighted by molar-refractivity contribution is -0.396. The van der Waals surface area contributed by atoms with Gasteiger partial charge in [-0.1, -0.05) is 91.0 Å². The zero-order valence-electron chi connectivity index (χ0n) is 25.8. The molecule has 14 nitrogen and oxygen atoms in total. The van der Waals surface area contributed by atoms with Crippen LogP contribution < -0.4 is 16.8 Å². The van der Waals surface area contributed by atoms with Crippen LogP contribution in [0.15, 0.2) is 102 Å². The molecule has 3 heterocycles. The SMILES string of the molecule is COC1(OC)[C@](OC)(OP(N)O)[C@@H](CO)O[C@]1(n1cnc2c(=O)[nH]c(N)nc21)C(c1ccccc1)(c1ccccc1)c1ccccc1. The number of aliphatic hydroxyl groups excluding tert-OH is 1. The number of rotatable bonds is 11. The average molecular weight is 663 g/mol. The van der Waals surface area contributed by atoms with E-state index >= 15 is 0 Å². The number of nitrogens with one attached hydrogen (secondary N) is 1. The molecule has 5 aromatic rings. The Bertz CT molecular complexity index is 1790. The van der Waals surface area contributed by atoms with Gasteiger partial charge in [0, 0.05) is 21.3 Å². The first kappa shape index (κ1) is 32.8. The van der Waals surface area contributed by atoms with E-state index in [0.29, 0.717) is 16.7 Å². The number of anilines is 1. The number of aliphatic hydroxyl groups is 1. The first-order valence-corrected chi connectivity index (χ1v) is 15.8. The third kappa shape index (κ3) is 4.42.